The van der Waals surface area contributed by atoms with Gasteiger partial charge in [-0.15, -0.1) is 0 Å². The van der Waals surface area contributed by atoms with Gasteiger partial charge in [-0.2, -0.15) is 0 Å². The van der Waals surface area contributed by atoms with Gasteiger partial charge in [0.05, 0.1) is 6.61 Å². The molecule has 1 N–H and O–H groups in total. The van der Waals surface area contributed by atoms with E-state index in [0.717, 1.165) is 32.1 Å². The minimum atomic E-state index is -0.302. The van der Waals surface area contributed by atoms with E-state index in [-0.39, 0.29) is 48.1 Å². The lowest BCUT2D eigenvalue weighted by molar-refractivity contribution is -0.143. The van der Waals surface area contributed by atoms with E-state index in [4.69, 9.17) is 4.74 Å². The summed E-state index contributed by atoms with van der Waals surface area (Å²) in [6.45, 7) is 3.97. The molecule has 0 heterocycles. The van der Waals surface area contributed by atoms with Gasteiger partial charge in [-0.05, 0) is 36.2 Å². The number of rotatable bonds is 8. The number of carbonyl (C=O) groups excluding carboxylic acids is 2. The molecule has 4 heteroatoms. The average molecular weight is 373 g/mol. The van der Waals surface area contributed by atoms with Crippen LogP contribution in [0.15, 0.2) is 30.3 Å². The number of esters is 1. The Morgan fingerprint density at radius 3 is 2.52 bits per heavy atom. The fraction of sp³-hybridized carbons (Fsp3) is 0.652. The largest absolute Gasteiger partial charge is 0.466 e. The molecule has 3 rings (SSSR count). The molecule has 6 atom stereocenters. The highest BCUT2D eigenvalue weighted by molar-refractivity contribution is 5.88. The summed E-state index contributed by atoms with van der Waals surface area (Å²) in [6.07, 6.45) is 5.01. The van der Waals surface area contributed by atoms with E-state index in [2.05, 4.69) is 19.1 Å². The van der Waals surface area contributed by atoms with Crippen LogP contribution in [0.5, 0.6) is 0 Å². The van der Waals surface area contributed by atoms with Gasteiger partial charge in [0.25, 0.3) is 0 Å². The molecule has 0 aliphatic heterocycles. The minimum absolute atomic E-state index is 0.0168. The average Bonchev–Trinajstić information content (AvgIpc) is 3.17. The highest BCUT2D eigenvalue weighted by Gasteiger charge is 2.58. The molecule has 0 spiro atoms. The number of ketones is 1. The maximum absolute atomic E-state index is 13.5. The van der Waals surface area contributed by atoms with Crippen LogP contribution in [0.2, 0.25) is 0 Å². The van der Waals surface area contributed by atoms with Gasteiger partial charge in [-0.3, -0.25) is 9.59 Å². The first-order chi connectivity index (χ1) is 13.1. The molecule has 0 bridgehead atoms. The van der Waals surface area contributed by atoms with Gasteiger partial charge >= 0.3 is 5.97 Å². The molecule has 2 aliphatic rings. The molecule has 0 amide bonds. The fourth-order valence-corrected chi connectivity index (χ4v) is 5.59. The normalized spacial score (nSPS) is 32.5. The van der Waals surface area contributed by atoms with Crippen LogP contribution < -0.4 is 0 Å². The molecule has 2 aliphatic carbocycles. The van der Waals surface area contributed by atoms with Crippen molar-refractivity contribution in [2.75, 3.05) is 13.2 Å². The molecule has 148 valence electrons. The number of Topliss-reactive ketones (excluding diaryl/α,β-unsaturated/α-hetero) is 1. The maximum atomic E-state index is 13.5. The fourth-order valence-electron chi connectivity index (χ4n) is 5.59. The van der Waals surface area contributed by atoms with Crippen LogP contribution >= 0.6 is 0 Å². The molecule has 0 aromatic heterocycles. The van der Waals surface area contributed by atoms with Crippen molar-refractivity contribution in [1.29, 1.82) is 0 Å². The summed E-state index contributed by atoms with van der Waals surface area (Å²) in [7, 11) is 0. The highest BCUT2D eigenvalue weighted by atomic mass is 16.5. The highest BCUT2D eigenvalue weighted by Crippen LogP contribution is 2.58. The van der Waals surface area contributed by atoms with Crippen LogP contribution in [-0.2, 0) is 14.3 Å². The van der Waals surface area contributed by atoms with Crippen LogP contribution in [-0.4, -0.2) is 30.1 Å². The van der Waals surface area contributed by atoms with Crippen molar-refractivity contribution < 1.29 is 19.4 Å². The van der Waals surface area contributed by atoms with E-state index in [9.17, 15) is 14.7 Å². The third kappa shape index (κ3) is 4.11. The summed E-state index contributed by atoms with van der Waals surface area (Å²) in [6, 6.07) is 10.3. The van der Waals surface area contributed by atoms with Gasteiger partial charge < -0.3 is 9.84 Å². The molecule has 1 aromatic rings. The van der Waals surface area contributed by atoms with Gasteiger partial charge in [0.2, 0.25) is 0 Å². The molecule has 2 fully saturated rings. The number of carbonyl (C=O) groups is 2. The molecule has 27 heavy (non-hydrogen) atoms. The Balaban J connectivity index is 1.91. The van der Waals surface area contributed by atoms with Gasteiger partial charge in [-0.1, -0.05) is 56.5 Å². The number of hydrogen-bond donors (Lipinski definition) is 1. The SMILES string of the molecule is CCCCC[C@@H]1C(=O)[C@@H]2[C@@H](COC(C)=O)C[C@@H](CO)[C@@H]2[C@H]1c1ccccc1. The summed E-state index contributed by atoms with van der Waals surface area (Å²) in [4.78, 5) is 24.8. The number of aliphatic hydroxyl groups is 1. The molecule has 0 radical (unpaired) electrons. The Morgan fingerprint density at radius 1 is 1.15 bits per heavy atom. The lowest BCUT2D eigenvalue weighted by atomic mass is 9.76. The second kappa shape index (κ2) is 9.01. The van der Waals surface area contributed by atoms with Crippen molar-refractivity contribution in [3.05, 3.63) is 35.9 Å². The summed E-state index contributed by atoms with van der Waals surface area (Å²) in [5.41, 5.74) is 1.21. The minimum Gasteiger partial charge on any atom is -0.466 e. The Hall–Kier alpha value is -1.68. The Bertz CT molecular complexity index is 641. The zero-order chi connectivity index (χ0) is 19.4. The number of aliphatic hydroxyl groups excluding tert-OH is 1. The van der Waals surface area contributed by atoms with E-state index >= 15 is 0 Å². The molecular formula is C23H32O4. The van der Waals surface area contributed by atoms with Gasteiger partial charge in [0.15, 0.2) is 0 Å². The number of unbranched alkanes of at least 4 members (excludes halogenated alkanes) is 2. The Kier molecular flexibility index (Phi) is 6.69. The monoisotopic (exact) mass is 372 g/mol. The molecule has 4 nitrogen and oxygen atoms in total. The third-order valence-corrected chi connectivity index (χ3v) is 6.65. The maximum Gasteiger partial charge on any atom is 0.302 e. The lowest BCUT2D eigenvalue weighted by Gasteiger charge is -2.27. The quantitative estimate of drug-likeness (QED) is 0.554. The number of hydrogen-bond acceptors (Lipinski definition) is 4. The molecule has 1 aromatic carbocycles. The van der Waals surface area contributed by atoms with Gasteiger partial charge in [0.1, 0.15) is 5.78 Å². The first-order valence-electron chi connectivity index (χ1n) is 10.4. The smallest absolute Gasteiger partial charge is 0.302 e. The second-order valence-electron chi connectivity index (χ2n) is 8.29. The van der Waals surface area contributed by atoms with Crippen LogP contribution in [0.1, 0.15) is 57.4 Å². The first kappa shape index (κ1) is 20.1. The van der Waals surface area contributed by atoms with Crippen LogP contribution in [0.3, 0.4) is 0 Å². The number of ether oxygens (including phenoxy) is 1. The summed E-state index contributed by atoms with van der Waals surface area (Å²) in [5.74, 6) is 0.395. The van der Waals surface area contributed by atoms with Crippen LogP contribution in [0.4, 0.5) is 0 Å². The van der Waals surface area contributed by atoms with Crippen molar-refractivity contribution in [2.24, 2.45) is 29.6 Å². The van der Waals surface area contributed by atoms with Gasteiger partial charge in [0, 0.05) is 31.3 Å². The topological polar surface area (TPSA) is 63.6 Å². The van der Waals surface area contributed by atoms with E-state index in [1.54, 1.807) is 0 Å². The zero-order valence-electron chi connectivity index (χ0n) is 16.5. The predicted octanol–water partition coefficient (Wildman–Crippen LogP) is 3.97. The summed E-state index contributed by atoms with van der Waals surface area (Å²) >= 11 is 0. The molecular weight excluding hydrogens is 340 g/mol. The van der Waals surface area contributed by atoms with Crippen molar-refractivity contribution in [3.8, 4) is 0 Å². The van der Waals surface area contributed by atoms with E-state index in [0.29, 0.717) is 12.4 Å². The van der Waals surface area contributed by atoms with E-state index in [1.807, 2.05) is 18.2 Å². The Labute approximate surface area is 162 Å². The number of benzene rings is 1. The standard InChI is InChI=1S/C23H32O4/c1-3-4-6-11-19-20(16-9-7-5-8-10-16)21-17(13-24)12-18(14-27-15(2)25)22(21)23(19)26/h5,7-10,17-22,24H,3-4,6,11-14H2,1-2H3/t17-,18+,19-,20-,21+,22+/m0/s1. The van der Waals surface area contributed by atoms with Crippen molar-refractivity contribution in [2.45, 2.75) is 51.9 Å². The predicted molar refractivity (Wildman–Crippen MR) is 104 cm³/mol. The molecule has 2 saturated carbocycles. The van der Waals surface area contributed by atoms with Crippen molar-refractivity contribution in [1.82, 2.24) is 0 Å². The molecule has 0 saturated heterocycles. The van der Waals surface area contributed by atoms with Crippen molar-refractivity contribution >= 4 is 11.8 Å². The summed E-state index contributed by atoms with van der Waals surface area (Å²) in [5, 5.41) is 10.0. The summed E-state index contributed by atoms with van der Waals surface area (Å²) < 4.78 is 5.28. The first-order valence-corrected chi connectivity index (χ1v) is 10.4. The number of fused-ring (bicyclic) bond motifs is 1. The van der Waals surface area contributed by atoms with Crippen LogP contribution in [0.25, 0.3) is 0 Å². The van der Waals surface area contributed by atoms with E-state index in [1.165, 1.54) is 12.5 Å². The molecule has 0 unspecified atom stereocenters. The van der Waals surface area contributed by atoms with Crippen LogP contribution in [0, 0.1) is 29.6 Å². The third-order valence-electron chi connectivity index (χ3n) is 6.65. The Morgan fingerprint density at radius 2 is 1.89 bits per heavy atom. The lowest BCUT2D eigenvalue weighted by Crippen LogP contribution is -2.25. The zero-order valence-corrected chi connectivity index (χ0v) is 16.5. The van der Waals surface area contributed by atoms with Gasteiger partial charge in [-0.25, -0.2) is 0 Å². The van der Waals surface area contributed by atoms with E-state index < -0.39 is 0 Å². The van der Waals surface area contributed by atoms with Crippen molar-refractivity contribution in [3.63, 3.8) is 0 Å². The second-order valence-corrected chi connectivity index (χ2v) is 8.29.